The van der Waals surface area contributed by atoms with E-state index in [-0.39, 0.29) is 0 Å². The summed E-state index contributed by atoms with van der Waals surface area (Å²) >= 11 is 0. The molecule has 5 unspecified atom stereocenters. The van der Waals surface area contributed by atoms with Gasteiger partial charge in [0, 0.05) is 6.42 Å². The second kappa shape index (κ2) is 12.6. The predicted octanol–water partition coefficient (Wildman–Crippen LogP) is -3.60. The first kappa shape index (κ1) is 26.8. The summed E-state index contributed by atoms with van der Waals surface area (Å²) in [5, 5.41) is 37.3. The zero-order chi connectivity index (χ0) is 24.4. The van der Waals surface area contributed by atoms with Crippen molar-refractivity contribution in [2.45, 2.75) is 69.3 Å². The number of carboxylic acids is 2. The molecule has 1 heterocycles. The van der Waals surface area contributed by atoms with Crippen LogP contribution in [0.25, 0.3) is 0 Å². The first-order valence-corrected chi connectivity index (χ1v) is 9.97. The van der Waals surface area contributed by atoms with Gasteiger partial charge in [-0.1, -0.05) is 0 Å². The summed E-state index contributed by atoms with van der Waals surface area (Å²) in [6, 6.07) is -5.21. The second-order valence-electron chi connectivity index (χ2n) is 7.44. The molecule has 0 spiro atoms. The Morgan fingerprint density at radius 2 is 1.66 bits per heavy atom. The Kier molecular flexibility index (Phi) is 10.5. The van der Waals surface area contributed by atoms with Crippen molar-refractivity contribution in [3.05, 3.63) is 0 Å². The van der Waals surface area contributed by atoms with Crippen molar-refractivity contribution in [2.24, 2.45) is 5.73 Å². The van der Waals surface area contributed by atoms with E-state index in [2.05, 4.69) is 21.3 Å². The highest BCUT2D eigenvalue weighted by Crippen LogP contribution is 2.07. The Balaban J connectivity index is 2.89. The van der Waals surface area contributed by atoms with E-state index in [0.717, 1.165) is 6.42 Å². The lowest BCUT2D eigenvalue weighted by Gasteiger charge is -2.26. The van der Waals surface area contributed by atoms with Crippen LogP contribution in [0.4, 0.5) is 0 Å². The monoisotopic (exact) mass is 459 g/mol. The van der Waals surface area contributed by atoms with Gasteiger partial charge in [-0.2, -0.15) is 0 Å². The molecule has 1 fully saturated rings. The van der Waals surface area contributed by atoms with Crippen molar-refractivity contribution in [1.29, 1.82) is 0 Å². The topological polar surface area (TPSA) is 237 Å². The molecule has 1 rings (SSSR count). The van der Waals surface area contributed by atoms with E-state index in [0.29, 0.717) is 13.0 Å². The largest absolute Gasteiger partial charge is 0.481 e. The molecule has 180 valence electrons. The fourth-order valence-electron chi connectivity index (χ4n) is 3.04. The highest BCUT2D eigenvalue weighted by molar-refractivity contribution is 5.96. The van der Waals surface area contributed by atoms with E-state index in [1.54, 1.807) is 0 Å². The van der Waals surface area contributed by atoms with Crippen molar-refractivity contribution in [2.75, 3.05) is 6.54 Å². The van der Waals surface area contributed by atoms with Crippen LogP contribution in [0.2, 0.25) is 0 Å². The highest BCUT2D eigenvalue weighted by Gasteiger charge is 2.34. The molecule has 14 heteroatoms. The summed E-state index contributed by atoms with van der Waals surface area (Å²) < 4.78 is 0. The average molecular weight is 459 g/mol. The zero-order valence-electron chi connectivity index (χ0n) is 17.5. The average Bonchev–Trinajstić information content (AvgIpc) is 3.22. The Morgan fingerprint density at radius 1 is 1.03 bits per heavy atom. The summed E-state index contributed by atoms with van der Waals surface area (Å²) in [7, 11) is 0. The Labute approximate surface area is 183 Å². The van der Waals surface area contributed by atoms with Gasteiger partial charge in [0.15, 0.2) is 0 Å². The van der Waals surface area contributed by atoms with E-state index in [1.807, 2.05) is 0 Å². The second-order valence-corrected chi connectivity index (χ2v) is 7.44. The van der Waals surface area contributed by atoms with Crippen LogP contribution in [0.3, 0.4) is 0 Å². The van der Waals surface area contributed by atoms with Gasteiger partial charge in [0.2, 0.25) is 23.6 Å². The van der Waals surface area contributed by atoms with Crippen LogP contribution in [0.15, 0.2) is 0 Å². The number of hydrogen-bond acceptors (Lipinski definition) is 8. The highest BCUT2D eigenvalue weighted by atomic mass is 16.4. The molecule has 0 aromatic heterocycles. The van der Waals surface area contributed by atoms with E-state index in [1.165, 1.54) is 6.92 Å². The molecular weight excluding hydrogens is 430 g/mol. The van der Waals surface area contributed by atoms with Crippen molar-refractivity contribution in [3.8, 4) is 0 Å². The summed E-state index contributed by atoms with van der Waals surface area (Å²) in [5.74, 6) is -6.40. The Bertz CT molecular complexity index is 736. The Hall–Kier alpha value is -3.26. The van der Waals surface area contributed by atoms with Gasteiger partial charge in [-0.15, -0.1) is 0 Å². The van der Waals surface area contributed by atoms with Crippen molar-refractivity contribution >= 4 is 35.6 Å². The molecule has 32 heavy (non-hydrogen) atoms. The van der Waals surface area contributed by atoms with E-state index in [4.69, 9.17) is 10.8 Å². The fraction of sp³-hybridized carbons (Fsp3) is 0.667. The summed E-state index contributed by atoms with van der Waals surface area (Å²) in [4.78, 5) is 70.7. The van der Waals surface area contributed by atoms with Gasteiger partial charge in [-0.05, 0) is 32.7 Å². The first-order chi connectivity index (χ1) is 14.9. The number of nitrogens with two attached hydrogens (primary N) is 1. The number of aliphatic hydroxyl groups is 1. The molecule has 0 saturated carbocycles. The van der Waals surface area contributed by atoms with Gasteiger partial charge in [-0.25, -0.2) is 4.79 Å². The molecule has 0 bridgehead atoms. The zero-order valence-corrected chi connectivity index (χ0v) is 17.5. The molecule has 1 aliphatic heterocycles. The maximum Gasteiger partial charge on any atom is 0.326 e. The van der Waals surface area contributed by atoms with Crippen molar-refractivity contribution in [1.82, 2.24) is 21.3 Å². The fourth-order valence-corrected chi connectivity index (χ4v) is 3.04. The number of carboxylic acid groups (broad SMARTS) is 2. The van der Waals surface area contributed by atoms with Crippen LogP contribution in [0.5, 0.6) is 0 Å². The third-order valence-corrected chi connectivity index (χ3v) is 4.74. The minimum absolute atomic E-state index is 0.436. The number of carbonyl (C=O) groups excluding carboxylic acids is 4. The van der Waals surface area contributed by atoms with Gasteiger partial charge in [0.25, 0.3) is 0 Å². The van der Waals surface area contributed by atoms with Crippen LogP contribution < -0.4 is 27.0 Å². The number of nitrogens with one attached hydrogen (secondary N) is 4. The molecule has 0 aromatic carbocycles. The molecule has 0 aromatic rings. The van der Waals surface area contributed by atoms with Crippen LogP contribution in [-0.4, -0.2) is 87.7 Å². The molecule has 0 aliphatic carbocycles. The lowest BCUT2D eigenvalue weighted by atomic mass is 10.1. The maximum atomic E-state index is 12.6. The van der Waals surface area contributed by atoms with Crippen LogP contribution >= 0.6 is 0 Å². The lowest BCUT2D eigenvalue weighted by Crippen LogP contribution is -2.60. The molecule has 1 saturated heterocycles. The van der Waals surface area contributed by atoms with Crippen molar-refractivity contribution in [3.63, 3.8) is 0 Å². The van der Waals surface area contributed by atoms with Gasteiger partial charge < -0.3 is 42.3 Å². The van der Waals surface area contributed by atoms with E-state index in [9.17, 15) is 39.0 Å². The number of aliphatic carboxylic acids is 2. The number of rotatable bonds is 13. The van der Waals surface area contributed by atoms with E-state index < -0.39 is 85.1 Å². The number of primary amides is 1. The minimum Gasteiger partial charge on any atom is -0.481 e. The number of hydrogen-bond donors (Lipinski definition) is 8. The Morgan fingerprint density at radius 3 is 2.12 bits per heavy atom. The standard InChI is InChI=1S/C18H29N5O9/c1-8(24)14(23-15(28)9-3-2-6-20-9)17(30)22-11(7-12(19)25)16(29)21-10(18(31)32)4-5-13(26)27/h8-11,14,20,24H,2-7H2,1H3,(H2,19,25)(H,21,29)(H,22,30)(H,23,28)(H,26,27)(H,31,32). The minimum atomic E-state index is -1.62. The van der Waals surface area contributed by atoms with Crippen LogP contribution in [0.1, 0.15) is 39.0 Å². The predicted molar refractivity (Wildman–Crippen MR) is 107 cm³/mol. The van der Waals surface area contributed by atoms with Crippen LogP contribution in [-0.2, 0) is 28.8 Å². The van der Waals surface area contributed by atoms with E-state index >= 15 is 0 Å². The van der Waals surface area contributed by atoms with Gasteiger partial charge in [-0.3, -0.25) is 24.0 Å². The van der Waals surface area contributed by atoms with Gasteiger partial charge in [0.05, 0.1) is 18.6 Å². The molecule has 4 amide bonds. The molecular formula is C18H29N5O9. The number of aliphatic hydroxyl groups excluding tert-OH is 1. The molecule has 1 aliphatic rings. The third-order valence-electron chi connectivity index (χ3n) is 4.74. The molecule has 0 radical (unpaired) electrons. The first-order valence-electron chi connectivity index (χ1n) is 9.97. The third kappa shape index (κ3) is 8.85. The smallest absolute Gasteiger partial charge is 0.326 e. The summed E-state index contributed by atoms with van der Waals surface area (Å²) in [6.45, 7) is 1.86. The number of amides is 4. The lowest BCUT2D eigenvalue weighted by molar-refractivity contribution is -0.143. The SMILES string of the molecule is CC(O)C(NC(=O)C1CCCN1)C(=O)NC(CC(N)=O)C(=O)NC(CCC(=O)O)C(=O)O. The van der Waals surface area contributed by atoms with Crippen molar-refractivity contribution < 1.29 is 44.1 Å². The van der Waals surface area contributed by atoms with Gasteiger partial charge in [0.1, 0.15) is 18.1 Å². The van der Waals surface area contributed by atoms with Gasteiger partial charge >= 0.3 is 11.9 Å². The maximum absolute atomic E-state index is 12.6. The molecule has 5 atom stereocenters. The van der Waals surface area contributed by atoms with Crippen LogP contribution in [0, 0.1) is 0 Å². The summed E-state index contributed by atoms with van der Waals surface area (Å²) in [5.41, 5.74) is 5.10. The molecule has 9 N–H and O–H groups in total. The summed E-state index contributed by atoms with van der Waals surface area (Å²) in [6.07, 6.45) is -1.74. The number of carbonyl (C=O) groups is 6. The quantitative estimate of drug-likeness (QED) is 0.135. The normalized spacial score (nSPS) is 19.1. The molecule has 14 nitrogen and oxygen atoms in total.